The summed E-state index contributed by atoms with van der Waals surface area (Å²) < 4.78 is 2.10. The lowest BCUT2D eigenvalue weighted by Gasteiger charge is -2.06. The molecule has 2 rings (SSSR count). The molecule has 0 aromatic carbocycles. The molecule has 0 spiro atoms. The van der Waals surface area contributed by atoms with E-state index in [0.29, 0.717) is 0 Å². The zero-order chi connectivity index (χ0) is 11.4. The molecule has 0 saturated carbocycles. The van der Waals surface area contributed by atoms with Gasteiger partial charge in [-0.05, 0) is 25.5 Å². The molecule has 2 aromatic heterocycles. The fourth-order valence-electron chi connectivity index (χ4n) is 1.57. The minimum atomic E-state index is 0.825. The highest BCUT2D eigenvalue weighted by atomic mass is 15.1. The van der Waals surface area contributed by atoms with Gasteiger partial charge in [0.2, 0.25) is 0 Å². The number of aromatic nitrogens is 3. The normalized spacial score (nSPS) is 10.4. The third kappa shape index (κ3) is 2.39. The standard InChI is InChI=1S/C12H16N4/c1-3-13-12-5-4-11(8-15-12)9-16-7-6-14-10(16)2/h4-8H,3,9H2,1-2H3,(H,13,15). The number of aryl methyl sites for hydroxylation is 1. The second kappa shape index (κ2) is 4.79. The maximum absolute atomic E-state index is 4.33. The van der Waals surface area contributed by atoms with E-state index in [1.54, 1.807) is 0 Å². The monoisotopic (exact) mass is 216 g/mol. The molecular formula is C12H16N4. The molecule has 84 valence electrons. The van der Waals surface area contributed by atoms with E-state index in [2.05, 4.69) is 32.8 Å². The fourth-order valence-corrected chi connectivity index (χ4v) is 1.57. The molecule has 4 nitrogen and oxygen atoms in total. The number of anilines is 1. The van der Waals surface area contributed by atoms with Crippen LogP contribution in [0.3, 0.4) is 0 Å². The van der Waals surface area contributed by atoms with Crippen molar-refractivity contribution < 1.29 is 0 Å². The Labute approximate surface area is 95.4 Å². The van der Waals surface area contributed by atoms with Gasteiger partial charge in [-0.25, -0.2) is 9.97 Å². The fraction of sp³-hybridized carbons (Fsp3) is 0.333. The van der Waals surface area contributed by atoms with Crippen molar-refractivity contribution in [2.75, 3.05) is 11.9 Å². The average molecular weight is 216 g/mol. The molecule has 0 radical (unpaired) electrons. The van der Waals surface area contributed by atoms with Crippen LogP contribution in [0.15, 0.2) is 30.7 Å². The van der Waals surface area contributed by atoms with Crippen LogP contribution in [0.1, 0.15) is 18.3 Å². The van der Waals surface area contributed by atoms with E-state index in [9.17, 15) is 0 Å². The molecule has 0 amide bonds. The molecule has 2 aromatic rings. The summed E-state index contributed by atoms with van der Waals surface area (Å²) in [7, 11) is 0. The van der Waals surface area contributed by atoms with Gasteiger partial charge in [0.05, 0.1) is 6.54 Å². The third-order valence-electron chi connectivity index (χ3n) is 2.46. The zero-order valence-corrected chi connectivity index (χ0v) is 9.64. The minimum Gasteiger partial charge on any atom is -0.370 e. The van der Waals surface area contributed by atoms with Gasteiger partial charge in [0, 0.05) is 25.1 Å². The lowest BCUT2D eigenvalue weighted by molar-refractivity contribution is 0.759. The zero-order valence-electron chi connectivity index (χ0n) is 9.64. The van der Waals surface area contributed by atoms with E-state index in [1.807, 2.05) is 31.6 Å². The Balaban J connectivity index is 2.08. The Kier molecular flexibility index (Phi) is 3.19. The maximum atomic E-state index is 4.33. The van der Waals surface area contributed by atoms with Crippen LogP contribution in [0.25, 0.3) is 0 Å². The molecule has 0 aliphatic carbocycles. The number of nitrogens with one attached hydrogen (secondary N) is 1. The van der Waals surface area contributed by atoms with E-state index in [-0.39, 0.29) is 0 Å². The van der Waals surface area contributed by atoms with Gasteiger partial charge in [0.15, 0.2) is 0 Å². The number of hydrogen-bond donors (Lipinski definition) is 1. The van der Waals surface area contributed by atoms with Gasteiger partial charge in [-0.2, -0.15) is 0 Å². The van der Waals surface area contributed by atoms with Gasteiger partial charge >= 0.3 is 0 Å². The molecule has 0 aliphatic rings. The van der Waals surface area contributed by atoms with Crippen LogP contribution in [0.5, 0.6) is 0 Å². The third-order valence-corrected chi connectivity index (χ3v) is 2.46. The van der Waals surface area contributed by atoms with Gasteiger partial charge in [0.1, 0.15) is 11.6 Å². The quantitative estimate of drug-likeness (QED) is 0.850. The van der Waals surface area contributed by atoms with Gasteiger partial charge in [-0.1, -0.05) is 6.07 Å². The minimum absolute atomic E-state index is 0.825. The molecule has 4 heteroatoms. The van der Waals surface area contributed by atoms with Gasteiger partial charge < -0.3 is 9.88 Å². The SMILES string of the molecule is CCNc1ccc(Cn2ccnc2C)cn1. The van der Waals surface area contributed by atoms with Crippen LogP contribution in [0.2, 0.25) is 0 Å². The number of hydrogen-bond acceptors (Lipinski definition) is 3. The molecule has 0 fully saturated rings. The van der Waals surface area contributed by atoms with Crippen molar-refractivity contribution in [3.8, 4) is 0 Å². The van der Waals surface area contributed by atoms with Crippen molar-refractivity contribution in [1.29, 1.82) is 0 Å². The summed E-state index contributed by atoms with van der Waals surface area (Å²) >= 11 is 0. The van der Waals surface area contributed by atoms with Crippen molar-refractivity contribution in [2.24, 2.45) is 0 Å². The predicted molar refractivity (Wildman–Crippen MR) is 64.5 cm³/mol. The van der Waals surface area contributed by atoms with E-state index in [0.717, 1.165) is 24.7 Å². The summed E-state index contributed by atoms with van der Waals surface area (Å²) in [6.07, 6.45) is 5.70. The predicted octanol–water partition coefficient (Wildman–Crippen LogP) is 2.07. The molecule has 0 atom stereocenters. The van der Waals surface area contributed by atoms with Crippen molar-refractivity contribution in [3.63, 3.8) is 0 Å². The van der Waals surface area contributed by atoms with E-state index < -0.39 is 0 Å². The van der Waals surface area contributed by atoms with E-state index in [4.69, 9.17) is 0 Å². The van der Waals surface area contributed by atoms with Crippen LogP contribution in [0, 0.1) is 6.92 Å². The lowest BCUT2D eigenvalue weighted by Crippen LogP contribution is -2.03. The largest absolute Gasteiger partial charge is 0.370 e. The Morgan fingerprint density at radius 3 is 2.75 bits per heavy atom. The molecule has 0 aliphatic heterocycles. The lowest BCUT2D eigenvalue weighted by atomic mass is 10.3. The second-order valence-corrected chi connectivity index (χ2v) is 3.68. The van der Waals surface area contributed by atoms with Crippen LogP contribution >= 0.6 is 0 Å². The molecule has 0 unspecified atom stereocenters. The number of pyridine rings is 1. The first-order chi connectivity index (χ1) is 7.79. The van der Waals surface area contributed by atoms with Crippen molar-refractivity contribution in [1.82, 2.24) is 14.5 Å². The Morgan fingerprint density at radius 1 is 1.31 bits per heavy atom. The highest BCUT2D eigenvalue weighted by Gasteiger charge is 1.99. The van der Waals surface area contributed by atoms with Gasteiger partial charge in [-0.3, -0.25) is 0 Å². The molecule has 0 bridgehead atoms. The van der Waals surface area contributed by atoms with E-state index in [1.165, 1.54) is 5.56 Å². The molecule has 0 saturated heterocycles. The molecular weight excluding hydrogens is 200 g/mol. The number of nitrogens with zero attached hydrogens (tertiary/aromatic N) is 3. The smallest absolute Gasteiger partial charge is 0.125 e. The van der Waals surface area contributed by atoms with Crippen LogP contribution in [0.4, 0.5) is 5.82 Å². The summed E-state index contributed by atoms with van der Waals surface area (Å²) in [5.41, 5.74) is 1.18. The summed E-state index contributed by atoms with van der Waals surface area (Å²) in [5, 5.41) is 3.17. The topological polar surface area (TPSA) is 42.7 Å². The maximum Gasteiger partial charge on any atom is 0.125 e. The molecule has 2 heterocycles. The van der Waals surface area contributed by atoms with Crippen LogP contribution in [-0.2, 0) is 6.54 Å². The first-order valence-electron chi connectivity index (χ1n) is 5.46. The summed E-state index contributed by atoms with van der Waals surface area (Å²) in [6.45, 7) is 5.78. The van der Waals surface area contributed by atoms with Crippen LogP contribution < -0.4 is 5.32 Å². The highest BCUT2D eigenvalue weighted by molar-refractivity contribution is 5.35. The number of imidazole rings is 1. The second-order valence-electron chi connectivity index (χ2n) is 3.68. The summed E-state index contributed by atoms with van der Waals surface area (Å²) in [5.74, 6) is 1.95. The summed E-state index contributed by atoms with van der Waals surface area (Å²) in [6, 6.07) is 4.09. The van der Waals surface area contributed by atoms with Crippen molar-refractivity contribution in [2.45, 2.75) is 20.4 Å². The van der Waals surface area contributed by atoms with Crippen LogP contribution in [-0.4, -0.2) is 21.1 Å². The molecule has 16 heavy (non-hydrogen) atoms. The first-order valence-corrected chi connectivity index (χ1v) is 5.46. The van der Waals surface area contributed by atoms with E-state index >= 15 is 0 Å². The Hall–Kier alpha value is -1.84. The highest BCUT2D eigenvalue weighted by Crippen LogP contribution is 2.07. The average Bonchev–Trinajstić information content (AvgIpc) is 2.68. The first kappa shape index (κ1) is 10.7. The van der Waals surface area contributed by atoms with Crippen molar-refractivity contribution in [3.05, 3.63) is 42.1 Å². The molecule has 1 N–H and O–H groups in total. The summed E-state index contributed by atoms with van der Waals surface area (Å²) in [4.78, 5) is 8.52. The Morgan fingerprint density at radius 2 is 2.19 bits per heavy atom. The Bertz CT molecular complexity index is 444. The van der Waals surface area contributed by atoms with Gasteiger partial charge in [0.25, 0.3) is 0 Å². The van der Waals surface area contributed by atoms with Gasteiger partial charge in [-0.15, -0.1) is 0 Å². The van der Waals surface area contributed by atoms with Crippen molar-refractivity contribution >= 4 is 5.82 Å². The number of rotatable bonds is 4.